The highest BCUT2D eigenvalue weighted by Gasteiger charge is 2.47. The first-order valence-corrected chi connectivity index (χ1v) is 12.2. The average molecular weight is 451 g/mol. The molecule has 0 N–H and O–H groups in total. The number of para-hydroxylation sites is 1. The van der Waals surface area contributed by atoms with Gasteiger partial charge in [-0.3, -0.25) is 4.79 Å². The summed E-state index contributed by atoms with van der Waals surface area (Å²) < 4.78 is 45.9. The van der Waals surface area contributed by atoms with Crippen LogP contribution in [0.5, 0.6) is 5.75 Å². The van der Waals surface area contributed by atoms with E-state index in [1.807, 2.05) is 23.1 Å². The van der Waals surface area contributed by atoms with Crippen LogP contribution in [0.15, 0.2) is 59.5 Å². The monoisotopic (exact) mass is 450 g/mol. The van der Waals surface area contributed by atoms with Gasteiger partial charge in [0.15, 0.2) is 6.61 Å². The van der Waals surface area contributed by atoms with E-state index in [0.717, 1.165) is 17.9 Å². The maximum absolute atomic E-state index is 13.1. The molecular weight excluding hydrogens is 427 g/mol. The number of thioether (sulfide) groups is 1. The first-order chi connectivity index (χ1) is 14.4. The number of ether oxygens (including phenoxy) is 1. The van der Waals surface area contributed by atoms with E-state index in [0.29, 0.717) is 38.2 Å². The van der Waals surface area contributed by atoms with Crippen molar-refractivity contribution in [1.82, 2.24) is 9.21 Å². The van der Waals surface area contributed by atoms with Gasteiger partial charge in [-0.15, -0.1) is 11.8 Å². The van der Waals surface area contributed by atoms with Gasteiger partial charge in [-0.25, -0.2) is 12.8 Å². The fourth-order valence-electron chi connectivity index (χ4n) is 3.95. The summed E-state index contributed by atoms with van der Waals surface area (Å²) in [6, 6.07) is 14.1. The van der Waals surface area contributed by atoms with Gasteiger partial charge in [0.05, 0.1) is 9.77 Å². The molecule has 2 aliphatic heterocycles. The standard InChI is InChI=1S/C21H23FN2O4S2/c22-17-6-8-19(9-7-17)30(26,27)23-12-10-21(11-13-23)24(14-15-29-21)20(25)16-28-18-4-2-1-3-5-18/h1-9H,10-16H2. The van der Waals surface area contributed by atoms with Crippen LogP contribution in [-0.2, 0) is 14.8 Å². The number of carbonyl (C=O) groups excluding carboxylic acids is 1. The minimum atomic E-state index is -3.68. The smallest absolute Gasteiger partial charge is 0.261 e. The third-order valence-electron chi connectivity index (χ3n) is 5.54. The van der Waals surface area contributed by atoms with Crippen LogP contribution in [0.25, 0.3) is 0 Å². The van der Waals surface area contributed by atoms with Crippen LogP contribution in [0, 0.1) is 5.82 Å². The molecule has 0 saturated carbocycles. The van der Waals surface area contributed by atoms with Gasteiger partial charge in [0, 0.05) is 25.4 Å². The van der Waals surface area contributed by atoms with E-state index < -0.39 is 20.7 Å². The van der Waals surface area contributed by atoms with Crippen molar-refractivity contribution in [1.29, 1.82) is 0 Å². The fraction of sp³-hybridized carbons (Fsp3) is 0.381. The lowest BCUT2D eigenvalue weighted by Gasteiger charge is -2.43. The Kier molecular flexibility index (Phi) is 6.04. The number of halogens is 1. The number of piperidine rings is 1. The van der Waals surface area contributed by atoms with Crippen LogP contribution in [-0.4, -0.2) is 60.4 Å². The Morgan fingerprint density at radius 2 is 1.70 bits per heavy atom. The number of hydrogen-bond donors (Lipinski definition) is 0. The van der Waals surface area contributed by atoms with Crippen molar-refractivity contribution in [3.05, 3.63) is 60.4 Å². The summed E-state index contributed by atoms with van der Waals surface area (Å²) in [7, 11) is -3.68. The minimum Gasteiger partial charge on any atom is -0.484 e. The zero-order valence-corrected chi connectivity index (χ0v) is 18.0. The molecule has 30 heavy (non-hydrogen) atoms. The normalized spacial score (nSPS) is 19.2. The van der Waals surface area contributed by atoms with Crippen molar-refractivity contribution in [2.24, 2.45) is 0 Å². The Morgan fingerprint density at radius 1 is 1.03 bits per heavy atom. The SMILES string of the molecule is O=C(COc1ccccc1)N1CCSC12CCN(S(=O)(=O)c1ccc(F)cc1)CC2. The summed E-state index contributed by atoms with van der Waals surface area (Å²) in [5.74, 6) is 0.911. The van der Waals surface area contributed by atoms with Gasteiger partial charge in [0.25, 0.3) is 5.91 Å². The number of nitrogens with zero attached hydrogens (tertiary/aromatic N) is 2. The molecule has 2 aromatic carbocycles. The number of carbonyl (C=O) groups is 1. The molecule has 2 saturated heterocycles. The van der Waals surface area contributed by atoms with Crippen molar-refractivity contribution in [2.45, 2.75) is 22.6 Å². The first kappa shape index (κ1) is 21.1. The van der Waals surface area contributed by atoms with Crippen LogP contribution in [0.4, 0.5) is 4.39 Å². The Labute approximate surface area is 180 Å². The van der Waals surface area contributed by atoms with Crippen LogP contribution in [0.2, 0.25) is 0 Å². The predicted molar refractivity (Wildman–Crippen MR) is 113 cm³/mol. The van der Waals surface area contributed by atoms with Crippen molar-refractivity contribution in [2.75, 3.05) is 32.0 Å². The van der Waals surface area contributed by atoms with E-state index in [9.17, 15) is 17.6 Å². The van der Waals surface area contributed by atoms with Crippen LogP contribution < -0.4 is 4.74 Å². The van der Waals surface area contributed by atoms with E-state index in [1.54, 1.807) is 23.9 Å². The molecule has 0 atom stereocenters. The number of benzene rings is 2. The van der Waals surface area contributed by atoms with Crippen molar-refractivity contribution in [3.63, 3.8) is 0 Å². The van der Waals surface area contributed by atoms with Gasteiger partial charge in [0.1, 0.15) is 11.6 Å². The second kappa shape index (κ2) is 8.56. The van der Waals surface area contributed by atoms with Crippen LogP contribution >= 0.6 is 11.8 Å². The Morgan fingerprint density at radius 3 is 2.37 bits per heavy atom. The maximum atomic E-state index is 13.1. The van der Waals surface area contributed by atoms with E-state index in [2.05, 4.69) is 0 Å². The lowest BCUT2D eigenvalue weighted by atomic mass is 10.0. The maximum Gasteiger partial charge on any atom is 0.261 e. The highest BCUT2D eigenvalue weighted by molar-refractivity contribution is 8.00. The number of rotatable bonds is 5. The molecule has 2 aliphatic rings. The molecule has 0 unspecified atom stereocenters. The molecule has 6 nitrogen and oxygen atoms in total. The molecule has 9 heteroatoms. The topological polar surface area (TPSA) is 66.9 Å². The molecule has 0 bridgehead atoms. The zero-order chi connectivity index (χ0) is 21.2. The molecule has 0 aromatic heterocycles. The first-order valence-electron chi connectivity index (χ1n) is 9.79. The molecule has 160 valence electrons. The van der Waals surface area contributed by atoms with Crippen LogP contribution in [0.1, 0.15) is 12.8 Å². The van der Waals surface area contributed by atoms with Gasteiger partial charge >= 0.3 is 0 Å². The number of hydrogen-bond acceptors (Lipinski definition) is 5. The molecule has 0 aliphatic carbocycles. The lowest BCUT2D eigenvalue weighted by Crippen LogP contribution is -2.54. The molecule has 2 aromatic rings. The summed E-state index contributed by atoms with van der Waals surface area (Å²) in [5, 5.41) is 0. The molecule has 2 heterocycles. The predicted octanol–water partition coefficient (Wildman–Crippen LogP) is 2.96. The number of amides is 1. The van der Waals surface area contributed by atoms with Crippen LogP contribution in [0.3, 0.4) is 0 Å². The van der Waals surface area contributed by atoms with E-state index in [1.165, 1.54) is 16.4 Å². The average Bonchev–Trinajstić information content (AvgIpc) is 3.16. The van der Waals surface area contributed by atoms with Crippen molar-refractivity contribution in [3.8, 4) is 5.75 Å². The number of sulfonamides is 1. The van der Waals surface area contributed by atoms with Gasteiger partial charge in [-0.05, 0) is 49.2 Å². The summed E-state index contributed by atoms with van der Waals surface area (Å²) >= 11 is 1.71. The van der Waals surface area contributed by atoms with Gasteiger partial charge < -0.3 is 9.64 Å². The third kappa shape index (κ3) is 4.19. The quantitative estimate of drug-likeness (QED) is 0.701. The van der Waals surface area contributed by atoms with Crippen molar-refractivity contribution >= 4 is 27.7 Å². The lowest BCUT2D eigenvalue weighted by molar-refractivity contribution is -0.136. The highest BCUT2D eigenvalue weighted by Crippen LogP contribution is 2.44. The van der Waals surface area contributed by atoms with Gasteiger partial charge in [-0.1, -0.05) is 18.2 Å². The summed E-state index contributed by atoms with van der Waals surface area (Å²) in [6.45, 7) is 1.22. The van der Waals surface area contributed by atoms with Crippen molar-refractivity contribution < 1.29 is 22.3 Å². The third-order valence-corrected chi connectivity index (χ3v) is 9.00. The zero-order valence-electron chi connectivity index (χ0n) is 16.4. The molecule has 1 amide bonds. The Hall–Kier alpha value is -2.10. The summed E-state index contributed by atoms with van der Waals surface area (Å²) in [5.41, 5.74) is 0. The largest absolute Gasteiger partial charge is 0.484 e. The molecular formula is C21H23FN2O4S2. The van der Waals surface area contributed by atoms with Gasteiger partial charge in [0.2, 0.25) is 10.0 Å². The molecule has 0 radical (unpaired) electrons. The Balaban J connectivity index is 1.41. The van der Waals surface area contributed by atoms with E-state index in [-0.39, 0.29) is 17.4 Å². The Bertz CT molecular complexity index is 991. The van der Waals surface area contributed by atoms with Gasteiger partial charge in [-0.2, -0.15) is 4.31 Å². The molecule has 2 fully saturated rings. The second-order valence-electron chi connectivity index (χ2n) is 7.30. The molecule has 1 spiro atoms. The highest BCUT2D eigenvalue weighted by atomic mass is 32.2. The molecule has 4 rings (SSSR count). The fourth-order valence-corrected chi connectivity index (χ4v) is 6.86. The van der Waals surface area contributed by atoms with E-state index >= 15 is 0 Å². The minimum absolute atomic E-state index is 0.0378. The second-order valence-corrected chi connectivity index (χ2v) is 10.7. The van der Waals surface area contributed by atoms with E-state index in [4.69, 9.17) is 4.74 Å². The summed E-state index contributed by atoms with van der Waals surface area (Å²) in [4.78, 5) is 14.4. The summed E-state index contributed by atoms with van der Waals surface area (Å²) in [6.07, 6.45) is 1.10.